The van der Waals surface area contributed by atoms with Crippen LogP contribution in [0.3, 0.4) is 0 Å². The number of ether oxygens (including phenoxy) is 1. The number of esters is 1. The largest absolute Gasteiger partial charge is 0.462 e. The van der Waals surface area contributed by atoms with E-state index >= 15 is 0 Å². The molecule has 0 spiro atoms. The second kappa shape index (κ2) is 8.91. The van der Waals surface area contributed by atoms with Crippen LogP contribution in [0.2, 0.25) is 0 Å². The summed E-state index contributed by atoms with van der Waals surface area (Å²) in [6, 6.07) is 22.6. The predicted molar refractivity (Wildman–Crippen MR) is 148 cm³/mol. The minimum atomic E-state index is -0.850. The molecule has 0 N–H and O–H groups in total. The maximum Gasteiger partial charge on any atom is 0.338 e. The predicted octanol–water partition coefficient (Wildman–Crippen LogP) is 6.44. The van der Waals surface area contributed by atoms with Crippen LogP contribution in [-0.4, -0.2) is 24.4 Å². The number of halogens is 2. The van der Waals surface area contributed by atoms with Gasteiger partial charge in [-0.1, -0.05) is 106 Å². The summed E-state index contributed by atoms with van der Waals surface area (Å²) in [4.78, 5) is 42.3. The fourth-order valence-corrected chi connectivity index (χ4v) is 8.60. The third-order valence-corrected chi connectivity index (χ3v) is 10.6. The number of benzene rings is 3. The zero-order valence-electron chi connectivity index (χ0n) is 20.2. The molecule has 3 aromatic carbocycles. The highest BCUT2D eigenvalue weighted by Gasteiger charge is 2.72. The number of hydrogen-bond donors (Lipinski definition) is 0. The van der Waals surface area contributed by atoms with E-state index in [2.05, 4.69) is 38.8 Å². The van der Waals surface area contributed by atoms with E-state index in [0.717, 1.165) is 41.5 Å². The lowest BCUT2D eigenvalue weighted by atomic mass is 9.54. The van der Waals surface area contributed by atoms with Gasteiger partial charge in [0.2, 0.25) is 11.8 Å². The summed E-state index contributed by atoms with van der Waals surface area (Å²) in [7, 11) is 0. The van der Waals surface area contributed by atoms with Crippen molar-refractivity contribution in [3.8, 4) is 0 Å². The van der Waals surface area contributed by atoms with Gasteiger partial charge in [-0.3, -0.25) is 9.59 Å². The van der Waals surface area contributed by atoms with E-state index in [4.69, 9.17) is 4.74 Å². The van der Waals surface area contributed by atoms with E-state index in [-0.39, 0.29) is 11.8 Å². The van der Waals surface area contributed by atoms with Crippen LogP contribution in [0.4, 0.5) is 5.69 Å². The normalized spacial score (nSPS) is 27.1. The molecule has 0 unspecified atom stereocenters. The first kappa shape index (κ1) is 24.6. The molecular formula is C30H25Br2NO4. The van der Waals surface area contributed by atoms with E-state index < -0.39 is 26.5 Å². The molecule has 2 atom stereocenters. The maximum atomic E-state index is 14.2. The van der Waals surface area contributed by atoms with Crippen molar-refractivity contribution in [2.75, 3.05) is 11.5 Å². The highest BCUT2D eigenvalue weighted by atomic mass is 79.9. The summed E-state index contributed by atoms with van der Waals surface area (Å²) >= 11 is 8.03. The van der Waals surface area contributed by atoms with Crippen molar-refractivity contribution in [1.29, 1.82) is 0 Å². The first-order valence-corrected chi connectivity index (χ1v) is 14.2. The van der Waals surface area contributed by atoms with Crippen molar-refractivity contribution in [3.63, 3.8) is 0 Å². The van der Waals surface area contributed by atoms with Crippen LogP contribution >= 0.6 is 31.9 Å². The van der Waals surface area contributed by atoms with Gasteiger partial charge in [-0.15, -0.1) is 0 Å². The van der Waals surface area contributed by atoms with Gasteiger partial charge in [-0.2, -0.15) is 0 Å². The van der Waals surface area contributed by atoms with Crippen molar-refractivity contribution in [2.45, 2.75) is 34.8 Å². The van der Waals surface area contributed by atoms with Gasteiger partial charge in [0.25, 0.3) is 0 Å². The maximum absolute atomic E-state index is 14.2. The topological polar surface area (TPSA) is 63.7 Å². The molecule has 2 amide bonds. The van der Waals surface area contributed by atoms with Crippen molar-refractivity contribution in [2.24, 2.45) is 11.8 Å². The highest BCUT2D eigenvalue weighted by molar-refractivity contribution is 9.10. The van der Waals surface area contributed by atoms with Crippen LogP contribution in [0, 0.1) is 11.8 Å². The average Bonchev–Trinajstić information content (AvgIpc) is 3.20. The quantitative estimate of drug-likeness (QED) is 0.137. The van der Waals surface area contributed by atoms with Gasteiger partial charge < -0.3 is 4.74 Å². The van der Waals surface area contributed by atoms with Gasteiger partial charge in [0, 0.05) is 0 Å². The molecule has 1 aliphatic heterocycles. The molecule has 188 valence electrons. The second-order valence-electron chi connectivity index (χ2n) is 9.88. The lowest BCUT2D eigenvalue weighted by Gasteiger charge is -2.55. The molecule has 1 saturated heterocycles. The molecule has 3 aliphatic carbocycles. The Kier molecular flexibility index (Phi) is 5.92. The third-order valence-electron chi connectivity index (χ3n) is 7.91. The number of alkyl halides is 2. The minimum Gasteiger partial charge on any atom is -0.462 e. The van der Waals surface area contributed by atoms with Crippen molar-refractivity contribution in [3.05, 3.63) is 101 Å². The van der Waals surface area contributed by atoms with Crippen LogP contribution in [0.25, 0.3) is 0 Å². The van der Waals surface area contributed by atoms with E-state index in [1.54, 1.807) is 24.3 Å². The summed E-state index contributed by atoms with van der Waals surface area (Å²) in [5, 5.41) is 0. The standard InChI is InChI=1S/C30H25Br2NO4/c1-2-3-8-16-37-28(36)18-10-9-11-19(17-18)33-26(34)24-25(27(33)35)30(32)21-13-5-4-12-20(21)29(24,31)22-14-6-7-15-23(22)30/h4-7,9-15,17,24-25H,2-3,8,16H2,1H3/t24-,25-,29?,30?/m0/s1. The average molecular weight is 623 g/mol. The van der Waals surface area contributed by atoms with Crippen LogP contribution in [0.5, 0.6) is 0 Å². The van der Waals surface area contributed by atoms with Crippen LogP contribution in [0.15, 0.2) is 72.8 Å². The highest BCUT2D eigenvalue weighted by Crippen LogP contribution is 2.70. The number of unbranched alkanes of at least 4 members (excludes halogenated alkanes) is 2. The number of anilines is 1. The van der Waals surface area contributed by atoms with Crippen LogP contribution < -0.4 is 4.90 Å². The molecule has 7 rings (SSSR count). The molecule has 0 aromatic heterocycles. The zero-order chi connectivity index (χ0) is 25.9. The van der Waals surface area contributed by atoms with Gasteiger partial charge in [0.1, 0.15) is 0 Å². The zero-order valence-corrected chi connectivity index (χ0v) is 23.4. The van der Waals surface area contributed by atoms with E-state index in [1.807, 2.05) is 48.5 Å². The Morgan fingerprint density at radius 2 is 1.32 bits per heavy atom. The van der Waals surface area contributed by atoms with Gasteiger partial charge >= 0.3 is 5.97 Å². The fraction of sp³-hybridized carbons (Fsp3) is 0.300. The summed E-state index contributed by atoms with van der Waals surface area (Å²) in [5.41, 5.74) is 4.64. The summed E-state index contributed by atoms with van der Waals surface area (Å²) < 4.78 is 3.72. The van der Waals surface area contributed by atoms with Crippen LogP contribution in [-0.2, 0) is 23.0 Å². The molecular weight excluding hydrogens is 598 g/mol. The van der Waals surface area contributed by atoms with Gasteiger partial charge in [0.05, 0.1) is 38.3 Å². The molecule has 0 saturated carbocycles. The van der Waals surface area contributed by atoms with E-state index in [0.29, 0.717) is 17.9 Å². The molecule has 2 bridgehead atoms. The van der Waals surface area contributed by atoms with E-state index in [9.17, 15) is 14.4 Å². The summed E-state index contributed by atoms with van der Waals surface area (Å²) in [5.74, 6) is -2.34. The third kappa shape index (κ3) is 3.29. The number of imide groups is 1. The van der Waals surface area contributed by atoms with Gasteiger partial charge in [-0.25, -0.2) is 9.69 Å². The SMILES string of the molecule is CCCCCOC(=O)c1cccc(N2C(=O)[C@@H]3[C@@H](C2=O)C2(Br)c4ccccc4C3(Br)c3ccccc32)c1. The fourth-order valence-electron chi connectivity index (χ4n) is 6.29. The number of nitrogens with zero attached hydrogens (tertiary/aromatic N) is 1. The Morgan fingerprint density at radius 3 is 1.81 bits per heavy atom. The molecule has 3 aromatic rings. The second-order valence-corrected chi connectivity index (χ2v) is 12.4. The molecule has 1 fully saturated rings. The Bertz CT molecular complexity index is 1330. The smallest absolute Gasteiger partial charge is 0.338 e. The first-order chi connectivity index (χ1) is 17.8. The monoisotopic (exact) mass is 621 g/mol. The molecule has 4 aliphatic rings. The minimum absolute atomic E-state index is 0.284. The molecule has 0 radical (unpaired) electrons. The lowest BCUT2D eigenvalue weighted by Crippen LogP contribution is -2.56. The Labute approximate surface area is 232 Å². The molecule has 7 heteroatoms. The van der Waals surface area contributed by atoms with Crippen molar-refractivity contribution >= 4 is 55.3 Å². The number of carbonyl (C=O) groups excluding carboxylic acids is 3. The van der Waals surface area contributed by atoms with Gasteiger partial charge in [0.15, 0.2) is 0 Å². The Balaban J connectivity index is 1.43. The number of amides is 2. The number of carbonyl (C=O) groups is 3. The molecule has 5 nitrogen and oxygen atoms in total. The van der Waals surface area contributed by atoms with Crippen molar-refractivity contribution < 1.29 is 19.1 Å². The Hall–Kier alpha value is -2.77. The van der Waals surface area contributed by atoms with Gasteiger partial charge in [-0.05, 0) is 46.9 Å². The Morgan fingerprint density at radius 1 is 0.811 bits per heavy atom. The lowest BCUT2D eigenvalue weighted by molar-refractivity contribution is -0.122. The van der Waals surface area contributed by atoms with Crippen LogP contribution in [0.1, 0.15) is 58.8 Å². The molecule has 37 heavy (non-hydrogen) atoms. The summed E-state index contributed by atoms with van der Waals surface area (Å²) in [6.45, 7) is 2.43. The van der Waals surface area contributed by atoms with Crippen molar-refractivity contribution in [1.82, 2.24) is 0 Å². The number of hydrogen-bond acceptors (Lipinski definition) is 4. The summed E-state index contributed by atoms with van der Waals surface area (Å²) in [6.07, 6.45) is 2.82. The first-order valence-electron chi connectivity index (χ1n) is 12.6. The number of rotatable bonds is 6. The molecule has 1 heterocycles. The van der Waals surface area contributed by atoms with E-state index in [1.165, 1.54) is 4.90 Å².